The molecule has 5 rings (SSSR count). The lowest BCUT2D eigenvalue weighted by atomic mass is 9.91. The zero-order valence-corrected chi connectivity index (χ0v) is 23.0. The molecule has 5 aromatic carbocycles. The number of amides is 1. The van der Waals surface area contributed by atoms with Gasteiger partial charge in [0.25, 0.3) is 5.91 Å². The Kier molecular flexibility index (Phi) is 8.34. The third-order valence-electron chi connectivity index (χ3n) is 6.42. The van der Waals surface area contributed by atoms with Gasteiger partial charge in [-0.3, -0.25) is 4.79 Å². The van der Waals surface area contributed by atoms with Crippen molar-refractivity contribution in [3.63, 3.8) is 0 Å². The van der Waals surface area contributed by atoms with Crippen molar-refractivity contribution in [3.8, 4) is 11.5 Å². The Morgan fingerprint density at radius 1 is 0.872 bits per heavy atom. The molecule has 0 aliphatic heterocycles. The summed E-state index contributed by atoms with van der Waals surface area (Å²) in [6, 6.07) is 37.5. The van der Waals surface area contributed by atoms with Crippen LogP contribution in [0.15, 0.2) is 125 Å². The fourth-order valence-corrected chi connectivity index (χ4v) is 5.12. The van der Waals surface area contributed by atoms with Gasteiger partial charge in [-0.2, -0.15) is 5.10 Å². The first kappa shape index (κ1) is 26.2. The number of halogens is 1. The second kappa shape index (κ2) is 12.4. The van der Waals surface area contributed by atoms with E-state index in [1.54, 1.807) is 13.3 Å². The van der Waals surface area contributed by atoms with E-state index in [4.69, 9.17) is 9.47 Å². The molecule has 0 bridgehead atoms. The zero-order valence-electron chi connectivity index (χ0n) is 21.4. The van der Waals surface area contributed by atoms with Crippen molar-refractivity contribution in [3.05, 3.63) is 142 Å². The summed E-state index contributed by atoms with van der Waals surface area (Å²) in [7, 11) is 1.60. The van der Waals surface area contributed by atoms with Crippen molar-refractivity contribution >= 4 is 38.8 Å². The Hall–Kier alpha value is -4.42. The van der Waals surface area contributed by atoms with Crippen molar-refractivity contribution in [1.82, 2.24) is 5.43 Å². The van der Waals surface area contributed by atoms with E-state index < -0.39 is 5.92 Å². The predicted octanol–water partition coefficient (Wildman–Crippen LogP) is 7.47. The molecular formula is C33H27BrN2O3. The van der Waals surface area contributed by atoms with Crippen LogP contribution < -0.4 is 14.9 Å². The number of rotatable bonds is 9. The van der Waals surface area contributed by atoms with Crippen molar-refractivity contribution < 1.29 is 14.3 Å². The van der Waals surface area contributed by atoms with E-state index in [1.165, 1.54) is 5.39 Å². The molecule has 1 amide bonds. The van der Waals surface area contributed by atoms with Crippen LogP contribution in [0, 0.1) is 0 Å². The number of benzene rings is 5. The molecule has 0 saturated heterocycles. The molecule has 39 heavy (non-hydrogen) atoms. The second-order valence-electron chi connectivity index (χ2n) is 8.95. The standard InChI is InChI=1S/C33H27BrN2O3/c1-38-30-20-23(19-29(34)32(30)39-22-27-17-10-16-24-11-8-9-18-28(24)27)21-35-36-33(37)31(25-12-4-2-5-13-25)26-14-6-3-7-15-26/h2-21,31H,22H2,1H3,(H,36,37)/b35-21+. The van der Waals surface area contributed by atoms with Crippen LogP contribution in [-0.4, -0.2) is 19.2 Å². The molecular weight excluding hydrogens is 552 g/mol. The molecule has 6 heteroatoms. The third kappa shape index (κ3) is 6.19. The van der Waals surface area contributed by atoms with Crippen LogP contribution in [0.3, 0.4) is 0 Å². The number of fused-ring (bicyclic) bond motifs is 1. The van der Waals surface area contributed by atoms with Gasteiger partial charge in [-0.25, -0.2) is 5.43 Å². The van der Waals surface area contributed by atoms with E-state index in [0.717, 1.165) is 32.1 Å². The highest BCUT2D eigenvalue weighted by Crippen LogP contribution is 2.37. The van der Waals surface area contributed by atoms with Crippen LogP contribution in [0.2, 0.25) is 0 Å². The van der Waals surface area contributed by atoms with Crippen molar-refractivity contribution in [1.29, 1.82) is 0 Å². The number of methoxy groups -OCH3 is 1. The molecule has 5 nitrogen and oxygen atoms in total. The molecule has 0 heterocycles. The molecule has 194 valence electrons. The lowest BCUT2D eigenvalue weighted by Crippen LogP contribution is -2.26. The van der Waals surface area contributed by atoms with Crippen LogP contribution in [0.4, 0.5) is 0 Å². The monoisotopic (exact) mass is 578 g/mol. The van der Waals surface area contributed by atoms with Crippen LogP contribution in [-0.2, 0) is 11.4 Å². The highest BCUT2D eigenvalue weighted by atomic mass is 79.9. The van der Waals surface area contributed by atoms with Gasteiger partial charge in [0.15, 0.2) is 11.5 Å². The fraction of sp³-hybridized carbons (Fsp3) is 0.0909. The van der Waals surface area contributed by atoms with Crippen molar-refractivity contribution in [2.45, 2.75) is 12.5 Å². The summed E-state index contributed by atoms with van der Waals surface area (Å²) in [4.78, 5) is 13.2. The zero-order chi connectivity index (χ0) is 27.0. The third-order valence-corrected chi connectivity index (χ3v) is 7.01. The highest BCUT2D eigenvalue weighted by molar-refractivity contribution is 9.10. The summed E-state index contributed by atoms with van der Waals surface area (Å²) < 4.78 is 12.5. The summed E-state index contributed by atoms with van der Waals surface area (Å²) in [6.45, 7) is 0.389. The normalized spacial score (nSPS) is 11.2. The van der Waals surface area contributed by atoms with Gasteiger partial charge in [0.05, 0.1) is 23.7 Å². The molecule has 0 saturated carbocycles. The van der Waals surface area contributed by atoms with Crippen molar-refractivity contribution in [2.24, 2.45) is 5.10 Å². The average molecular weight is 579 g/mol. The van der Waals surface area contributed by atoms with Gasteiger partial charge in [0, 0.05) is 0 Å². The first-order valence-electron chi connectivity index (χ1n) is 12.5. The number of hydrogen-bond acceptors (Lipinski definition) is 4. The Morgan fingerprint density at radius 2 is 1.51 bits per heavy atom. The lowest BCUT2D eigenvalue weighted by Gasteiger charge is -2.16. The highest BCUT2D eigenvalue weighted by Gasteiger charge is 2.22. The molecule has 5 aromatic rings. The van der Waals surface area contributed by atoms with E-state index in [2.05, 4.69) is 50.7 Å². The molecule has 1 N–H and O–H groups in total. The maximum Gasteiger partial charge on any atom is 0.252 e. The number of nitrogens with zero attached hydrogens (tertiary/aromatic N) is 1. The van der Waals surface area contributed by atoms with Gasteiger partial charge in [-0.05, 0) is 61.1 Å². The number of nitrogens with one attached hydrogen (secondary N) is 1. The Morgan fingerprint density at radius 3 is 2.21 bits per heavy atom. The maximum absolute atomic E-state index is 13.2. The predicted molar refractivity (Wildman–Crippen MR) is 159 cm³/mol. The molecule has 0 spiro atoms. The minimum Gasteiger partial charge on any atom is -0.493 e. The van der Waals surface area contributed by atoms with E-state index in [0.29, 0.717) is 18.1 Å². The molecule has 0 aliphatic rings. The number of carbonyl (C=O) groups excluding carboxylic acids is 1. The Bertz CT molecular complexity index is 1560. The molecule has 0 aliphatic carbocycles. The smallest absolute Gasteiger partial charge is 0.252 e. The summed E-state index contributed by atoms with van der Waals surface area (Å²) in [5, 5.41) is 6.56. The molecule has 0 radical (unpaired) electrons. The summed E-state index contributed by atoms with van der Waals surface area (Å²) in [6.07, 6.45) is 1.59. The first-order valence-corrected chi connectivity index (χ1v) is 13.3. The minimum atomic E-state index is -0.476. The number of hydrazone groups is 1. The minimum absolute atomic E-state index is 0.218. The maximum atomic E-state index is 13.2. The van der Waals surface area contributed by atoms with Crippen LogP contribution in [0.25, 0.3) is 10.8 Å². The largest absolute Gasteiger partial charge is 0.493 e. The summed E-state index contributed by atoms with van der Waals surface area (Å²) >= 11 is 3.61. The van der Waals surface area contributed by atoms with Gasteiger partial charge < -0.3 is 9.47 Å². The van der Waals surface area contributed by atoms with Crippen LogP contribution >= 0.6 is 15.9 Å². The van der Waals surface area contributed by atoms with Gasteiger partial charge in [-0.1, -0.05) is 103 Å². The fourth-order valence-electron chi connectivity index (χ4n) is 4.54. The van der Waals surface area contributed by atoms with Gasteiger partial charge in [0.2, 0.25) is 0 Å². The number of hydrogen-bond donors (Lipinski definition) is 1. The molecule has 0 atom stereocenters. The molecule has 0 unspecified atom stereocenters. The Labute approximate surface area is 236 Å². The van der Waals surface area contributed by atoms with Crippen molar-refractivity contribution in [2.75, 3.05) is 7.11 Å². The SMILES string of the molecule is COc1cc(/C=N/NC(=O)C(c2ccccc2)c2ccccc2)cc(Br)c1OCc1cccc2ccccc12. The van der Waals surface area contributed by atoms with Gasteiger partial charge in [0.1, 0.15) is 6.61 Å². The lowest BCUT2D eigenvalue weighted by molar-refractivity contribution is -0.121. The first-order chi connectivity index (χ1) is 19.1. The quantitative estimate of drug-likeness (QED) is 0.146. The Balaban J connectivity index is 1.32. The van der Waals surface area contributed by atoms with E-state index >= 15 is 0 Å². The van der Waals surface area contributed by atoms with Gasteiger partial charge in [-0.15, -0.1) is 0 Å². The van der Waals surface area contributed by atoms with E-state index in [9.17, 15) is 4.79 Å². The van der Waals surface area contributed by atoms with E-state index in [-0.39, 0.29) is 5.91 Å². The molecule has 0 aromatic heterocycles. The van der Waals surface area contributed by atoms with Crippen LogP contribution in [0.1, 0.15) is 28.2 Å². The number of ether oxygens (including phenoxy) is 2. The number of carbonyl (C=O) groups is 1. The summed E-state index contributed by atoms with van der Waals surface area (Å²) in [5.74, 6) is 0.462. The van der Waals surface area contributed by atoms with Crippen LogP contribution in [0.5, 0.6) is 11.5 Å². The topological polar surface area (TPSA) is 59.9 Å². The average Bonchev–Trinajstić information content (AvgIpc) is 2.97. The van der Waals surface area contributed by atoms with E-state index in [1.807, 2.05) is 91.0 Å². The van der Waals surface area contributed by atoms with Gasteiger partial charge >= 0.3 is 0 Å². The summed E-state index contributed by atoms with van der Waals surface area (Å²) in [5.41, 5.74) is 6.33. The molecule has 0 fully saturated rings. The second-order valence-corrected chi connectivity index (χ2v) is 9.80.